The highest BCUT2D eigenvalue weighted by atomic mass is 16.3. The van der Waals surface area contributed by atoms with Gasteiger partial charge in [-0.05, 0) is 76.3 Å². The Balaban J connectivity index is 1.59. The van der Waals surface area contributed by atoms with E-state index in [-0.39, 0.29) is 0 Å². The van der Waals surface area contributed by atoms with Crippen LogP contribution in [-0.2, 0) is 0 Å². The Kier molecular flexibility index (Phi) is 3.08. The first-order valence-electron chi connectivity index (χ1n) is 11.3. The summed E-state index contributed by atoms with van der Waals surface area (Å²) in [5.41, 5.74) is 2.00. The molecular weight excluding hydrogens is 400 g/mol. The Morgan fingerprint density at radius 3 is 1.48 bits per heavy atom. The summed E-state index contributed by atoms with van der Waals surface area (Å²) in [6.07, 6.45) is 0. The second-order valence-electron chi connectivity index (χ2n) is 9.10. The largest absolute Gasteiger partial charge is 0.507 e. The lowest BCUT2D eigenvalue weighted by molar-refractivity contribution is 0.479. The van der Waals surface area contributed by atoms with Gasteiger partial charge in [-0.2, -0.15) is 0 Å². The minimum absolute atomic E-state index is 0.330. The molecule has 152 valence electrons. The van der Waals surface area contributed by atoms with E-state index >= 15 is 0 Å². The molecule has 0 amide bonds. The van der Waals surface area contributed by atoms with E-state index < -0.39 is 0 Å². The number of benzene rings is 8. The summed E-state index contributed by atoms with van der Waals surface area (Å²) in [4.78, 5) is 0. The van der Waals surface area contributed by atoms with Crippen LogP contribution in [0, 0.1) is 0 Å². The van der Waals surface area contributed by atoms with Crippen molar-refractivity contribution in [1.82, 2.24) is 0 Å². The Labute approximate surface area is 189 Å². The zero-order valence-electron chi connectivity index (χ0n) is 17.8. The summed E-state index contributed by atoms with van der Waals surface area (Å²) in [6, 6.07) is 36.7. The molecule has 1 heteroatoms. The van der Waals surface area contributed by atoms with Gasteiger partial charge in [-0.1, -0.05) is 97.1 Å². The molecule has 33 heavy (non-hydrogen) atoms. The zero-order chi connectivity index (χ0) is 21.7. The van der Waals surface area contributed by atoms with Gasteiger partial charge in [-0.15, -0.1) is 0 Å². The topological polar surface area (TPSA) is 20.2 Å². The number of aromatic hydroxyl groups is 1. The monoisotopic (exact) mass is 418 g/mol. The Bertz CT molecular complexity index is 2000. The molecule has 0 aliphatic rings. The molecule has 0 heterocycles. The van der Waals surface area contributed by atoms with Gasteiger partial charge >= 0.3 is 0 Å². The second-order valence-corrected chi connectivity index (χ2v) is 9.10. The van der Waals surface area contributed by atoms with Gasteiger partial charge in [0.1, 0.15) is 5.75 Å². The summed E-state index contributed by atoms with van der Waals surface area (Å²) in [5, 5.41) is 26.0. The van der Waals surface area contributed by atoms with E-state index in [0.717, 1.165) is 21.9 Å². The molecule has 8 aromatic rings. The molecule has 0 aliphatic heterocycles. The van der Waals surface area contributed by atoms with Crippen LogP contribution < -0.4 is 0 Å². The van der Waals surface area contributed by atoms with Crippen molar-refractivity contribution in [2.24, 2.45) is 0 Å². The molecule has 0 saturated carbocycles. The van der Waals surface area contributed by atoms with Crippen molar-refractivity contribution in [1.29, 1.82) is 0 Å². The first-order chi connectivity index (χ1) is 16.3. The molecule has 0 spiro atoms. The van der Waals surface area contributed by atoms with Crippen molar-refractivity contribution >= 4 is 64.6 Å². The van der Waals surface area contributed by atoms with E-state index in [1.54, 1.807) is 0 Å². The second kappa shape index (κ2) is 5.90. The third-order valence-corrected chi connectivity index (χ3v) is 7.42. The molecule has 0 aromatic heterocycles. The molecule has 0 bridgehead atoms. The SMILES string of the molecule is Oc1cc2ccc3cccc4ccc(c1-c1ccc5ccc6cccc7ccc1c5c67)c2c34. The van der Waals surface area contributed by atoms with Gasteiger partial charge in [0.25, 0.3) is 0 Å². The van der Waals surface area contributed by atoms with Crippen molar-refractivity contribution in [3.8, 4) is 16.9 Å². The number of hydrogen-bond acceptors (Lipinski definition) is 1. The molecule has 0 atom stereocenters. The van der Waals surface area contributed by atoms with Gasteiger partial charge in [0.2, 0.25) is 0 Å². The normalized spacial score (nSPS) is 12.4. The van der Waals surface area contributed by atoms with Crippen LogP contribution in [-0.4, -0.2) is 5.11 Å². The minimum Gasteiger partial charge on any atom is -0.507 e. The van der Waals surface area contributed by atoms with E-state index in [2.05, 4.69) is 97.1 Å². The van der Waals surface area contributed by atoms with Crippen LogP contribution in [0.15, 0.2) is 103 Å². The fourth-order valence-electron chi connectivity index (χ4n) is 6.03. The highest BCUT2D eigenvalue weighted by molar-refractivity contribution is 6.30. The van der Waals surface area contributed by atoms with Crippen molar-refractivity contribution in [3.63, 3.8) is 0 Å². The average molecular weight is 418 g/mol. The summed E-state index contributed by atoms with van der Waals surface area (Å²) < 4.78 is 0. The third kappa shape index (κ3) is 2.12. The maximum atomic E-state index is 11.3. The van der Waals surface area contributed by atoms with Crippen molar-refractivity contribution in [3.05, 3.63) is 103 Å². The predicted molar refractivity (Wildman–Crippen MR) is 141 cm³/mol. The Morgan fingerprint density at radius 1 is 0.394 bits per heavy atom. The van der Waals surface area contributed by atoms with Crippen LogP contribution in [0.1, 0.15) is 0 Å². The third-order valence-electron chi connectivity index (χ3n) is 7.42. The first kappa shape index (κ1) is 17.2. The van der Waals surface area contributed by atoms with Crippen LogP contribution >= 0.6 is 0 Å². The average Bonchev–Trinajstić information content (AvgIpc) is 2.86. The summed E-state index contributed by atoms with van der Waals surface area (Å²) in [5.74, 6) is 0.330. The predicted octanol–water partition coefficient (Wildman–Crippen LogP) is 8.85. The Hall–Kier alpha value is -4.36. The van der Waals surface area contributed by atoms with Crippen molar-refractivity contribution in [2.75, 3.05) is 0 Å². The number of rotatable bonds is 1. The molecule has 0 aliphatic carbocycles. The molecule has 8 aromatic carbocycles. The number of phenols is 1. The lowest BCUT2D eigenvalue weighted by atomic mass is 9.86. The fraction of sp³-hybridized carbons (Fsp3) is 0. The van der Waals surface area contributed by atoms with Crippen LogP contribution in [0.5, 0.6) is 5.75 Å². The number of hydrogen-bond donors (Lipinski definition) is 1. The van der Waals surface area contributed by atoms with Gasteiger partial charge in [0, 0.05) is 5.56 Å². The first-order valence-corrected chi connectivity index (χ1v) is 11.3. The van der Waals surface area contributed by atoms with E-state index in [4.69, 9.17) is 0 Å². The molecule has 0 radical (unpaired) electrons. The lowest BCUT2D eigenvalue weighted by Gasteiger charge is -2.18. The van der Waals surface area contributed by atoms with Crippen molar-refractivity contribution < 1.29 is 5.11 Å². The summed E-state index contributed by atoms with van der Waals surface area (Å²) >= 11 is 0. The fourth-order valence-corrected chi connectivity index (χ4v) is 6.03. The highest BCUT2D eigenvalue weighted by Gasteiger charge is 2.19. The van der Waals surface area contributed by atoms with E-state index in [0.29, 0.717) is 5.75 Å². The molecule has 0 saturated heterocycles. The summed E-state index contributed by atoms with van der Waals surface area (Å²) in [6.45, 7) is 0. The maximum absolute atomic E-state index is 11.3. The van der Waals surface area contributed by atoms with E-state index in [9.17, 15) is 5.11 Å². The molecule has 1 nitrogen and oxygen atoms in total. The van der Waals surface area contributed by atoms with Crippen LogP contribution in [0.2, 0.25) is 0 Å². The van der Waals surface area contributed by atoms with E-state index in [1.165, 1.54) is 53.9 Å². The molecular formula is C32H18O. The van der Waals surface area contributed by atoms with Gasteiger partial charge in [0.05, 0.1) is 0 Å². The lowest BCUT2D eigenvalue weighted by Crippen LogP contribution is -1.91. The smallest absolute Gasteiger partial charge is 0.124 e. The van der Waals surface area contributed by atoms with E-state index in [1.807, 2.05) is 6.07 Å². The minimum atomic E-state index is 0.330. The zero-order valence-corrected chi connectivity index (χ0v) is 17.8. The molecule has 1 N–H and O–H groups in total. The molecule has 8 rings (SSSR count). The van der Waals surface area contributed by atoms with Gasteiger partial charge in [-0.3, -0.25) is 0 Å². The Morgan fingerprint density at radius 2 is 0.848 bits per heavy atom. The van der Waals surface area contributed by atoms with Gasteiger partial charge < -0.3 is 5.11 Å². The maximum Gasteiger partial charge on any atom is 0.124 e. The van der Waals surface area contributed by atoms with Crippen LogP contribution in [0.3, 0.4) is 0 Å². The van der Waals surface area contributed by atoms with Gasteiger partial charge in [0.15, 0.2) is 0 Å². The molecule has 0 unspecified atom stereocenters. The highest BCUT2D eigenvalue weighted by Crippen LogP contribution is 2.47. The summed E-state index contributed by atoms with van der Waals surface area (Å²) in [7, 11) is 0. The quantitative estimate of drug-likeness (QED) is 0.264. The molecule has 0 fully saturated rings. The van der Waals surface area contributed by atoms with Crippen LogP contribution in [0.25, 0.3) is 75.8 Å². The number of phenolic OH excluding ortho intramolecular Hbond substituents is 1. The van der Waals surface area contributed by atoms with Crippen molar-refractivity contribution in [2.45, 2.75) is 0 Å². The standard InChI is InChI=1S/C32H18O/c33-27-17-23-10-9-19-4-2-6-21-13-16-26(31(23)29(19)21)32(27)25-15-12-22-8-7-18-3-1-5-20-11-14-24(25)30(22)28(18)20/h1-17,33H. The van der Waals surface area contributed by atoms with Crippen LogP contribution in [0.4, 0.5) is 0 Å². The van der Waals surface area contributed by atoms with Gasteiger partial charge in [-0.25, -0.2) is 0 Å².